The number of nitrogen functional groups attached to an aromatic ring is 1. The number of carbonyl (C=O) groups is 1. The van der Waals surface area contributed by atoms with Crippen LogP contribution in [0.2, 0.25) is 0 Å². The van der Waals surface area contributed by atoms with Gasteiger partial charge < -0.3 is 16.6 Å². The lowest BCUT2D eigenvalue weighted by Gasteiger charge is -2.12. The first kappa shape index (κ1) is 13.1. The van der Waals surface area contributed by atoms with Crippen molar-refractivity contribution in [2.75, 3.05) is 5.73 Å². The molecule has 0 saturated carbocycles. The average molecular weight is 280 g/mol. The summed E-state index contributed by atoms with van der Waals surface area (Å²) in [5.41, 5.74) is 9.78. The first-order chi connectivity index (χ1) is 8.99. The predicted molar refractivity (Wildman–Crippen MR) is 70.9 cm³/mol. The van der Waals surface area contributed by atoms with E-state index in [-0.39, 0.29) is 17.9 Å². The lowest BCUT2D eigenvalue weighted by atomic mass is 9.96. The lowest BCUT2D eigenvalue weighted by molar-refractivity contribution is -0.119. The van der Waals surface area contributed by atoms with Crippen LogP contribution in [-0.2, 0) is 11.2 Å². The topological polar surface area (TPSA) is 135 Å². The molecule has 2 heterocycles. The third-order valence-electron chi connectivity index (χ3n) is 2.63. The smallest absolute Gasteiger partial charge is 0.260 e. The van der Waals surface area contributed by atoms with Crippen molar-refractivity contribution in [2.24, 2.45) is 5.73 Å². The minimum Gasteiger partial charge on any atom is -0.493 e. The number of carbonyl (C=O) groups excluding carboxylic acids is 1. The van der Waals surface area contributed by atoms with Gasteiger partial charge in [-0.3, -0.25) is 14.6 Å². The molecular formula is C11H12N4O3S. The van der Waals surface area contributed by atoms with Crippen LogP contribution < -0.4 is 17.0 Å². The number of rotatable bonds is 4. The van der Waals surface area contributed by atoms with E-state index in [4.69, 9.17) is 11.5 Å². The predicted octanol–water partition coefficient (Wildman–Crippen LogP) is -0.0692. The van der Waals surface area contributed by atoms with Gasteiger partial charge in [0.2, 0.25) is 17.7 Å². The third kappa shape index (κ3) is 2.74. The molecule has 0 bridgehead atoms. The molecule has 0 saturated heterocycles. The monoisotopic (exact) mass is 280 g/mol. The highest BCUT2D eigenvalue weighted by atomic mass is 32.1. The number of amides is 1. The molecule has 1 unspecified atom stereocenters. The fourth-order valence-electron chi connectivity index (χ4n) is 1.78. The van der Waals surface area contributed by atoms with Crippen LogP contribution in [0.3, 0.4) is 0 Å². The summed E-state index contributed by atoms with van der Waals surface area (Å²) < 4.78 is 0. The molecule has 0 aromatic carbocycles. The summed E-state index contributed by atoms with van der Waals surface area (Å²) in [6.07, 6.45) is 0.231. The Morgan fingerprint density at radius 2 is 2.32 bits per heavy atom. The van der Waals surface area contributed by atoms with Gasteiger partial charge in [0.25, 0.3) is 5.56 Å². The van der Waals surface area contributed by atoms with Crippen LogP contribution in [0.25, 0.3) is 0 Å². The van der Waals surface area contributed by atoms with E-state index in [1.807, 2.05) is 17.5 Å². The number of thiophene rings is 1. The second-order valence-electron chi connectivity index (χ2n) is 3.93. The SMILES string of the molecule is NC(=O)C(Cc1cccs1)c1c(O)nc(N)[nH]c1=O. The minimum absolute atomic E-state index is 0.157. The highest BCUT2D eigenvalue weighted by Gasteiger charge is 2.26. The first-order valence-corrected chi connectivity index (χ1v) is 6.27. The van der Waals surface area contributed by atoms with E-state index in [9.17, 15) is 14.7 Å². The van der Waals surface area contributed by atoms with E-state index in [1.54, 1.807) is 0 Å². The number of H-pyrrole nitrogens is 1. The molecule has 0 aliphatic carbocycles. The van der Waals surface area contributed by atoms with Gasteiger partial charge in [-0.15, -0.1) is 11.3 Å². The largest absolute Gasteiger partial charge is 0.493 e. The molecule has 19 heavy (non-hydrogen) atoms. The maximum atomic E-state index is 11.8. The maximum Gasteiger partial charge on any atom is 0.260 e. The molecule has 2 rings (SSSR count). The van der Waals surface area contributed by atoms with Crippen LogP contribution in [-0.4, -0.2) is 21.0 Å². The number of nitrogens with one attached hydrogen (secondary N) is 1. The number of anilines is 1. The van der Waals surface area contributed by atoms with Gasteiger partial charge >= 0.3 is 0 Å². The number of primary amides is 1. The van der Waals surface area contributed by atoms with E-state index in [1.165, 1.54) is 11.3 Å². The van der Waals surface area contributed by atoms with E-state index < -0.39 is 23.3 Å². The molecule has 1 atom stereocenters. The molecule has 0 aliphatic heterocycles. The molecule has 100 valence electrons. The molecule has 0 radical (unpaired) electrons. The van der Waals surface area contributed by atoms with Crippen molar-refractivity contribution in [2.45, 2.75) is 12.3 Å². The van der Waals surface area contributed by atoms with Crippen molar-refractivity contribution in [3.05, 3.63) is 38.3 Å². The molecule has 8 heteroatoms. The van der Waals surface area contributed by atoms with Crippen molar-refractivity contribution in [1.29, 1.82) is 0 Å². The number of aromatic hydroxyl groups is 1. The summed E-state index contributed by atoms with van der Waals surface area (Å²) in [6, 6.07) is 3.64. The van der Waals surface area contributed by atoms with E-state index in [0.29, 0.717) is 0 Å². The average Bonchev–Trinajstić information content (AvgIpc) is 2.78. The van der Waals surface area contributed by atoms with Crippen LogP contribution in [0.15, 0.2) is 22.3 Å². The molecular weight excluding hydrogens is 268 g/mol. The molecule has 2 aromatic rings. The van der Waals surface area contributed by atoms with Gasteiger partial charge in [0.1, 0.15) is 0 Å². The zero-order valence-electron chi connectivity index (χ0n) is 9.79. The van der Waals surface area contributed by atoms with Gasteiger partial charge in [-0.2, -0.15) is 4.98 Å². The maximum absolute atomic E-state index is 11.8. The molecule has 7 nitrogen and oxygen atoms in total. The van der Waals surface area contributed by atoms with Crippen molar-refractivity contribution in [3.63, 3.8) is 0 Å². The van der Waals surface area contributed by atoms with E-state index in [2.05, 4.69) is 9.97 Å². The van der Waals surface area contributed by atoms with Crippen LogP contribution in [0.5, 0.6) is 5.88 Å². The summed E-state index contributed by atoms with van der Waals surface area (Å²) >= 11 is 1.43. The van der Waals surface area contributed by atoms with Gasteiger partial charge in [0.05, 0.1) is 11.5 Å². The first-order valence-electron chi connectivity index (χ1n) is 5.39. The van der Waals surface area contributed by atoms with Gasteiger partial charge in [-0.1, -0.05) is 6.07 Å². The minimum atomic E-state index is -0.949. The van der Waals surface area contributed by atoms with Gasteiger partial charge in [-0.25, -0.2) is 0 Å². The molecule has 0 aliphatic rings. The Labute approximate surface area is 111 Å². The summed E-state index contributed by atoms with van der Waals surface area (Å²) in [5.74, 6) is -2.44. The van der Waals surface area contributed by atoms with E-state index >= 15 is 0 Å². The third-order valence-corrected chi connectivity index (χ3v) is 3.53. The molecule has 1 amide bonds. The number of hydrogen-bond acceptors (Lipinski definition) is 6. The molecule has 2 aromatic heterocycles. The fourth-order valence-corrected chi connectivity index (χ4v) is 2.53. The van der Waals surface area contributed by atoms with Crippen molar-refractivity contribution in [3.8, 4) is 5.88 Å². The number of hydrogen-bond donors (Lipinski definition) is 4. The number of aromatic amines is 1. The quantitative estimate of drug-likeness (QED) is 0.621. The van der Waals surface area contributed by atoms with Gasteiger partial charge in [0.15, 0.2) is 0 Å². The van der Waals surface area contributed by atoms with Crippen LogP contribution in [0.1, 0.15) is 16.4 Å². The lowest BCUT2D eigenvalue weighted by Crippen LogP contribution is -2.29. The molecule has 0 fully saturated rings. The Hall–Kier alpha value is -2.35. The Bertz CT molecular complexity index is 650. The van der Waals surface area contributed by atoms with Crippen LogP contribution >= 0.6 is 11.3 Å². The number of aromatic nitrogens is 2. The highest BCUT2D eigenvalue weighted by Crippen LogP contribution is 2.25. The Morgan fingerprint density at radius 3 is 2.84 bits per heavy atom. The van der Waals surface area contributed by atoms with E-state index in [0.717, 1.165) is 4.88 Å². The molecule has 0 spiro atoms. The standard InChI is InChI=1S/C11H12N4O3S/c12-8(16)6(4-5-2-1-3-19-5)7-9(17)14-11(13)15-10(7)18/h1-3,6H,4H2,(H2,12,16)(H4,13,14,15,17,18). The normalized spacial score (nSPS) is 12.2. The summed E-state index contributed by atoms with van der Waals surface area (Å²) in [6.45, 7) is 0. The summed E-state index contributed by atoms with van der Waals surface area (Å²) in [7, 11) is 0. The van der Waals surface area contributed by atoms with Gasteiger partial charge in [0, 0.05) is 4.88 Å². The number of nitrogens with zero attached hydrogens (tertiary/aromatic N) is 1. The Kier molecular flexibility index (Phi) is 3.52. The van der Waals surface area contributed by atoms with Crippen molar-refractivity contribution < 1.29 is 9.90 Å². The number of nitrogens with two attached hydrogens (primary N) is 2. The summed E-state index contributed by atoms with van der Waals surface area (Å²) in [5, 5.41) is 11.6. The zero-order chi connectivity index (χ0) is 14.0. The Balaban J connectivity index is 2.45. The second-order valence-corrected chi connectivity index (χ2v) is 4.96. The second kappa shape index (κ2) is 5.11. The Morgan fingerprint density at radius 1 is 1.58 bits per heavy atom. The summed E-state index contributed by atoms with van der Waals surface area (Å²) in [4.78, 5) is 30.0. The van der Waals surface area contributed by atoms with Crippen molar-refractivity contribution >= 4 is 23.2 Å². The van der Waals surface area contributed by atoms with Crippen LogP contribution in [0, 0.1) is 0 Å². The fraction of sp³-hybridized carbons (Fsp3) is 0.182. The van der Waals surface area contributed by atoms with Gasteiger partial charge in [-0.05, 0) is 17.9 Å². The highest BCUT2D eigenvalue weighted by molar-refractivity contribution is 7.09. The van der Waals surface area contributed by atoms with Crippen LogP contribution in [0.4, 0.5) is 5.95 Å². The van der Waals surface area contributed by atoms with Crippen molar-refractivity contribution in [1.82, 2.24) is 9.97 Å². The molecule has 6 N–H and O–H groups in total. The zero-order valence-corrected chi connectivity index (χ0v) is 10.6.